The van der Waals surface area contributed by atoms with Crippen molar-refractivity contribution >= 4 is 23.5 Å². The van der Waals surface area contributed by atoms with Crippen LogP contribution in [0.3, 0.4) is 0 Å². The molecule has 5 heteroatoms. The molecule has 0 aliphatic heterocycles. The van der Waals surface area contributed by atoms with Gasteiger partial charge in [-0.25, -0.2) is 0 Å². The molecule has 0 atom stereocenters. The smallest absolute Gasteiger partial charge is 0.261 e. The van der Waals surface area contributed by atoms with Crippen molar-refractivity contribution in [1.29, 1.82) is 0 Å². The number of carbonyl (C=O) groups excluding carboxylic acids is 2. The molecular weight excluding hydrogens is 236 g/mol. The van der Waals surface area contributed by atoms with Crippen LogP contribution in [0.5, 0.6) is 0 Å². The number of carbonyl (C=O) groups is 2. The number of nitrogens with one attached hydrogen (secondary N) is 1. The Labute approximate surface area is 102 Å². The van der Waals surface area contributed by atoms with E-state index in [1.165, 1.54) is 11.3 Å². The lowest BCUT2D eigenvalue weighted by atomic mass is 10.3. The van der Waals surface area contributed by atoms with Crippen LogP contribution in [0.4, 0.5) is 0 Å². The molecule has 0 aliphatic carbocycles. The van der Waals surface area contributed by atoms with Gasteiger partial charge in [-0.1, -0.05) is 6.07 Å². The molecule has 0 fully saturated rings. The molecule has 0 spiro atoms. The highest BCUT2D eigenvalue weighted by molar-refractivity contribution is 7.15. The average molecular weight is 246 g/mol. The van der Waals surface area contributed by atoms with Crippen molar-refractivity contribution in [2.45, 2.75) is 6.54 Å². The number of pyridine rings is 1. The van der Waals surface area contributed by atoms with Crippen LogP contribution in [0.1, 0.15) is 25.0 Å². The largest absolute Gasteiger partial charge is 0.346 e. The number of amides is 1. The van der Waals surface area contributed by atoms with Gasteiger partial charge in [0.15, 0.2) is 6.29 Å². The molecule has 0 aliphatic rings. The summed E-state index contributed by atoms with van der Waals surface area (Å²) in [5.74, 6) is -0.186. The number of thiophene rings is 1. The van der Waals surface area contributed by atoms with E-state index >= 15 is 0 Å². The summed E-state index contributed by atoms with van der Waals surface area (Å²) in [6, 6.07) is 8.80. The molecule has 2 rings (SSSR count). The van der Waals surface area contributed by atoms with Crippen LogP contribution in [0.15, 0.2) is 36.5 Å². The molecule has 17 heavy (non-hydrogen) atoms. The number of hydrogen-bond acceptors (Lipinski definition) is 4. The van der Waals surface area contributed by atoms with E-state index in [4.69, 9.17) is 0 Å². The molecule has 0 bridgehead atoms. The van der Waals surface area contributed by atoms with Gasteiger partial charge in [0.2, 0.25) is 0 Å². The third-order valence-electron chi connectivity index (χ3n) is 2.12. The normalized spacial score (nSPS) is 9.88. The zero-order valence-electron chi connectivity index (χ0n) is 8.92. The lowest BCUT2D eigenvalue weighted by Crippen LogP contribution is -2.22. The minimum atomic E-state index is -0.186. The molecule has 2 aromatic rings. The van der Waals surface area contributed by atoms with E-state index in [-0.39, 0.29) is 5.91 Å². The monoisotopic (exact) mass is 246 g/mol. The van der Waals surface area contributed by atoms with Gasteiger partial charge in [0, 0.05) is 6.20 Å². The maximum Gasteiger partial charge on any atom is 0.261 e. The molecule has 1 N–H and O–H groups in total. The second-order valence-electron chi connectivity index (χ2n) is 3.32. The molecular formula is C12H10N2O2S. The zero-order valence-corrected chi connectivity index (χ0v) is 9.74. The van der Waals surface area contributed by atoms with Crippen LogP contribution in [0.2, 0.25) is 0 Å². The van der Waals surface area contributed by atoms with E-state index in [9.17, 15) is 9.59 Å². The fraction of sp³-hybridized carbons (Fsp3) is 0.0833. The SMILES string of the molecule is O=Cc1ccc(C(=O)NCc2ccccn2)s1. The first-order valence-electron chi connectivity index (χ1n) is 5.03. The molecule has 0 aromatic carbocycles. The minimum Gasteiger partial charge on any atom is -0.346 e. The van der Waals surface area contributed by atoms with Gasteiger partial charge in [-0.15, -0.1) is 11.3 Å². The Morgan fingerprint density at radius 1 is 1.35 bits per heavy atom. The van der Waals surface area contributed by atoms with Gasteiger partial charge in [0.05, 0.1) is 22.0 Å². The molecule has 0 saturated heterocycles. The maximum atomic E-state index is 11.7. The highest BCUT2D eigenvalue weighted by atomic mass is 32.1. The van der Waals surface area contributed by atoms with Crippen molar-refractivity contribution in [3.63, 3.8) is 0 Å². The predicted molar refractivity (Wildman–Crippen MR) is 65.1 cm³/mol. The van der Waals surface area contributed by atoms with Gasteiger partial charge in [-0.05, 0) is 24.3 Å². The summed E-state index contributed by atoms with van der Waals surface area (Å²) >= 11 is 1.18. The highest BCUT2D eigenvalue weighted by Crippen LogP contribution is 2.14. The van der Waals surface area contributed by atoms with Crippen molar-refractivity contribution < 1.29 is 9.59 Å². The number of rotatable bonds is 4. The average Bonchev–Trinajstić information content (AvgIpc) is 2.86. The van der Waals surface area contributed by atoms with Crippen LogP contribution in [-0.2, 0) is 6.54 Å². The minimum absolute atomic E-state index is 0.186. The van der Waals surface area contributed by atoms with Crippen molar-refractivity contribution in [3.8, 4) is 0 Å². The Hall–Kier alpha value is -2.01. The lowest BCUT2D eigenvalue weighted by Gasteiger charge is -2.02. The van der Waals surface area contributed by atoms with Crippen LogP contribution < -0.4 is 5.32 Å². The Morgan fingerprint density at radius 2 is 2.24 bits per heavy atom. The first kappa shape index (κ1) is 11.5. The molecule has 0 unspecified atom stereocenters. The second-order valence-corrected chi connectivity index (χ2v) is 4.44. The van der Waals surface area contributed by atoms with Crippen molar-refractivity contribution in [3.05, 3.63) is 52.0 Å². The fourth-order valence-electron chi connectivity index (χ4n) is 1.30. The highest BCUT2D eigenvalue weighted by Gasteiger charge is 2.08. The zero-order chi connectivity index (χ0) is 12.1. The Morgan fingerprint density at radius 3 is 2.88 bits per heavy atom. The number of aldehydes is 1. The number of aromatic nitrogens is 1. The Bertz CT molecular complexity index is 522. The van der Waals surface area contributed by atoms with Gasteiger partial charge in [0.1, 0.15) is 0 Å². The second kappa shape index (κ2) is 5.36. The van der Waals surface area contributed by atoms with E-state index in [0.717, 1.165) is 12.0 Å². The standard InChI is InChI=1S/C12H10N2O2S/c15-8-10-4-5-11(17-10)12(16)14-7-9-3-1-2-6-13-9/h1-6,8H,7H2,(H,14,16). The van der Waals surface area contributed by atoms with Crippen molar-refractivity contribution in [1.82, 2.24) is 10.3 Å². The molecule has 2 heterocycles. The van der Waals surface area contributed by atoms with Crippen molar-refractivity contribution in [2.75, 3.05) is 0 Å². The first-order chi connectivity index (χ1) is 8.29. The maximum absolute atomic E-state index is 11.7. The van der Waals surface area contributed by atoms with E-state index < -0.39 is 0 Å². The van der Waals surface area contributed by atoms with E-state index in [0.29, 0.717) is 16.3 Å². The molecule has 2 aromatic heterocycles. The summed E-state index contributed by atoms with van der Waals surface area (Å²) in [6.07, 6.45) is 2.41. The van der Waals surface area contributed by atoms with Gasteiger partial charge in [0.25, 0.3) is 5.91 Å². The van der Waals surface area contributed by atoms with Gasteiger partial charge < -0.3 is 5.32 Å². The molecule has 1 amide bonds. The Kier molecular flexibility index (Phi) is 3.62. The van der Waals surface area contributed by atoms with Crippen LogP contribution in [-0.4, -0.2) is 17.2 Å². The first-order valence-corrected chi connectivity index (χ1v) is 5.84. The summed E-state index contributed by atoms with van der Waals surface area (Å²) < 4.78 is 0. The number of nitrogens with zero attached hydrogens (tertiary/aromatic N) is 1. The van der Waals surface area contributed by atoms with Gasteiger partial charge in [-0.3, -0.25) is 14.6 Å². The van der Waals surface area contributed by atoms with E-state index in [1.807, 2.05) is 18.2 Å². The van der Waals surface area contributed by atoms with Crippen LogP contribution >= 0.6 is 11.3 Å². The van der Waals surface area contributed by atoms with Crippen LogP contribution in [0.25, 0.3) is 0 Å². The fourth-order valence-corrected chi connectivity index (χ4v) is 2.04. The summed E-state index contributed by atoms with van der Waals surface area (Å²) in [5.41, 5.74) is 0.799. The summed E-state index contributed by atoms with van der Waals surface area (Å²) in [5, 5.41) is 2.75. The summed E-state index contributed by atoms with van der Waals surface area (Å²) in [6.45, 7) is 0.383. The molecule has 0 saturated carbocycles. The number of hydrogen-bond donors (Lipinski definition) is 1. The van der Waals surface area contributed by atoms with Crippen molar-refractivity contribution in [2.24, 2.45) is 0 Å². The lowest BCUT2D eigenvalue weighted by molar-refractivity contribution is 0.0954. The topological polar surface area (TPSA) is 59.1 Å². The summed E-state index contributed by atoms with van der Waals surface area (Å²) in [4.78, 5) is 27.4. The third kappa shape index (κ3) is 2.98. The quantitative estimate of drug-likeness (QED) is 0.838. The molecule has 4 nitrogen and oxygen atoms in total. The summed E-state index contributed by atoms with van der Waals surface area (Å²) in [7, 11) is 0. The van der Waals surface area contributed by atoms with Gasteiger partial charge in [-0.2, -0.15) is 0 Å². The molecule has 86 valence electrons. The van der Waals surface area contributed by atoms with Crippen LogP contribution in [0, 0.1) is 0 Å². The van der Waals surface area contributed by atoms with E-state index in [2.05, 4.69) is 10.3 Å². The van der Waals surface area contributed by atoms with Gasteiger partial charge >= 0.3 is 0 Å². The third-order valence-corrected chi connectivity index (χ3v) is 3.13. The van der Waals surface area contributed by atoms with E-state index in [1.54, 1.807) is 18.3 Å². The Balaban J connectivity index is 1.96. The molecule has 0 radical (unpaired) electrons. The predicted octanol–water partition coefficient (Wildman–Crippen LogP) is 1.89.